The molecule has 37 heavy (non-hydrogen) atoms. The molecule has 8 nitrogen and oxygen atoms in total. The molecule has 196 valence electrons. The van der Waals surface area contributed by atoms with E-state index in [0.29, 0.717) is 5.69 Å². The first-order valence-corrected chi connectivity index (χ1v) is 14.9. The summed E-state index contributed by atoms with van der Waals surface area (Å²) in [5, 5.41) is 0. The smallest absolute Gasteiger partial charge is 0.264 e. The van der Waals surface area contributed by atoms with Crippen molar-refractivity contribution in [3.8, 4) is 0 Å². The molecule has 1 aliphatic rings. The molecule has 1 saturated heterocycles. The molecule has 3 aromatic carbocycles. The summed E-state index contributed by atoms with van der Waals surface area (Å²) in [4.78, 5) is 15.1. The molecule has 0 unspecified atom stereocenters. The van der Waals surface area contributed by atoms with Crippen LogP contribution in [-0.4, -0.2) is 64.7 Å². The van der Waals surface area contributed by atoms with Gasteiger partial charge < -0.3 is 4.90 Å². The van der Waals surface area contributed by atoms with Gasteiger partial charge in [0.25, 0.3) is 10.0 Å². The molecule has 1 fully saturated rings. The van der Waals surface area contributed by atoms with Gasteiger partial charge in [-0.1, -0.05) is 53.1 Å². The number of rotatable bonds is 7. The predicted molar refractivity (Wildman–Crippen MR) is 143 cm³/mol. The van der Waals surface area contributed by atoms with Crippen molar-refractivity contribution >= 4 is 31.6 Å². The Morgan fingerprint density at radius 3 is 1.59 bits per heavy atom. The van der Waals surface area contributed by atoms with Crippen molar-refractivity contribution in [3.05, 3.63) is 89.5 Å². The van der Waals surface area contributed by atoms with Crippen molar-refractivity contribution in [3.63, 3.8) is 0 Å². The van der Waals surface area contributed by atoms with Crippen LogP contribution < -0.4 is 4.31 Å². The van der Waals surface area contributed by atoms with Crippen LogP contribution in [0.2, 0.25) is 0 Å². The number of carbonyl (C=O) groups excluding carboxylic acids is 1. The molecular formula is C27H31N3O5S2. The first-order valence-electron chi connectivity index (χ1n) is 12.0. The molecule has 0 aromatic heterocycles. The second-order valence-corrected chi connectivity index (χ2v) is 13.1. The first kappa shape index (κ1) is 26.8. The zero-order chi connectivity index (χ0) is 26.8. The highest BCUT2D eigenvalue weighted by molar-refractivity contribution is 7.92. The van der Waals surface area contributed by atoms with E-state index in [1.54, 1.807) is 60.7 Å². The summed E-state index contributed by atoms with van der Waals surface area (Å²) in [7, 11) is -7.68. The third-order valence-corrected chi connectivity index (χ3v) is 10.2. The molecule has 3 aromatic rings. The number of amides is 1. The number of aryl methyl sites for hydroxylation is 3. The maximum absolute atomic E-state index is 13.6. The van der Waals surface area contributed by atoms with E-state index in [1.807, 2.05) is 20.8 Å². The SMILES string of the molecule is Cc1ccc(N(CC(=O)N2CCN(S(=O)(=O)c3ccc(C)cc3)CC2)S(=O)(=O)c2ccc(C)cc2)cc1. The van der Waals surface area contributed by atoms with Gasteiger partial charge in [-0.05, 0) is 57.2 Å². The number of benzene rings is 3. The van der Waals surface area contributed by atoms with Crippen molar-refractivity contribution in [2.75, 3.05) is 37.0 Å². The minimum absolute atomic E-state index is 0.0977. The molecule has 1 amide bonds. The van der Waals surface area contributed by atoms with E-state index in [2.05, 4.69) is 0 Å². The van der Waals surface area contributed by atoms with E-state index in [9.17, 15) is 21.6 Å². The summed E-state index contributed by atoms with van der Waals surface area (Å²) in [6, 6.07) is 20.1. The van der Waals surface area contributed by atoms with Gasteiger partial charge in [-0.15, -0.1) is 0 Å². The van der Waals surface area contributed by atoms with Gasteiger partial charge in [0.2, 0.25) is 15.9 Å². The highest BCUT2D eigenvalue weighted by Gasteiger charge is 2.33. The number of hydrogen-bond acceptors (Lipinski definition) is 5. The van der Waals surface area contributed by atoms with E-state index in [1.165, 1.54) is 21.3 Å². The van der Waals surface area contributed by atoms with Crippen molar-refractivity contribution in [1.29, 1.82) is 0 Å². The van der Waals surface area contributed by atoms with Crippen LogP contribution in [-0.2, 0) is 24.8 Å². The standard InChI is InChI=1S/C27H31N3O5S2/c1-21-4-10-24(11-5-21)30(37(34,35)26-14-8-23(3)9-15-26)20-27(31)28-16-18-29(19-17-28)36(32,33)25-12-6-22(2)7-13-25/h4-15H,16-20H2,1-3H3. The van der Waals surface area contributed by atoms with Crippen LogP contribution in [0.5, 0.6) is 0 Å². The lowest BCUT2D eigenvalue weighted by molar-refractivity contribution is -0.130. The second-order valence-electron chi connectivity index (χ2n) is 9.26. The van der Waals surface area contributed by atoms with Crippen LogP contribution in [0.3, 0.4) is 0 Å². The third-order valence-electron chi connectivity index (χ3n) is 6.46. The van der Waals surface area contributed by atoms with Gasteiger partial charge in [-0.3, -0.25) is 9.10 Å². The molecule has 0 spiro atoms. The Labute approximate surface area is 219 Å². The van der Waals surface area contributed by atoms with Crippen molar-refractivity contribution in [1.82, 2.24) is 9.21 Å². The van der Waals surface area contributed by atoms with E-state index < -0.39 is 20.0 Å². The van der Waals surface area contributed by atoms with Gasteiger partial charge in [0.05, 0.1) is 15.5 Å². The van der Waals surface area contributed by atoms with Gasteiger partial charge in [-0.25, -0.2) is 16.8 Å². The molecule has 0 radical (unpaired) electrons. The Balaban J connectivity index is 1.52. The van der Waals surface area contributed by atoms with Crippen LogP contribution in [0.1, 0.15) is 16.7 Å². The van der Waals surface area contributed by atoms with Crippen LogP contribution in [0, 0.1) is 20.8 Å². The largest absolute Gasteiger partial charge is 0.338 e. The topological polar surface area (TPSA) is 95.1 Å². The van der Waals surface area contributed by atoms with Crippen LogP contribution in [0.15, 0.2) is 82.6 Å². The Bertz CT molecular complexity index is 1460. The molecule has 1 heterocycles. The number of carbonyl (C=O) groups is 1. The molecule has 10 heteroatoms. The van der Waals surface area contributed by atoms with Gasteiger partial charge in [0.1, 0.15) is 6.54 Å². The minimum Gasteiger partial charge on any atom is -0.338 e. The molecule has 1 aliphatic heterocycles. The monoisotopic (exact) mass is 541 g/mol. The lowest BCUT2D eigenvalue weighted by Crippen LogP contribution is -2.53. The number of hydrogen-bond donors (Lipinski definition) is 0. The maximum Gasteiger partial charge on any atom is 0.264 e. The third kappa shape index (κ3) is 5.87. The lowest BCUT2D eigenvalue weighted by atomic mass is 10.2. The summed E-state index contributed by atoms with van der Waals surface area (Å²) in [5.41, 5.74) is 3.25. The molecule has 4 rings (SSSR count). The van der Waals surface area contributed by atoms with Crippen LogP contribution in [0.4, 0.5) is 5.69 Å². The highest BCUT2D eigenvalue weighted by atomic mass is 32.2. The molecular weight excluding hydrogens is 510 g/mol. The van der Waals surface area contributed by atoms with Crippen LogP contribution in [0.25, 0.3) is 0 Å². The normalized spacial score (nSPS) is 14.9. The van der Waals surface area contributed by atoms with Crippen molar-refractivity contribution in [2.24, 2.45) is 0 Å². The fourth-order valence-electron chi connectivity index (χ4n) is 4.12. The van der Waals surface area contributed by atoms with E-state index >= 15 is 0 Å². The maximum atomic E-state index is 13.6. The fraction of sp³-hybridized carbons (Fsp3) is 0.296. The Morgan fingerprint density at radius 2 is 1.11 bits per heavy atom. The summed E-state index contributed by atoms with van der Waals surface area (Å²) >= 11 is 0. The van der Waals surface area contributed by atoms with Gasteiger partial charge in [-0.2, -0.15) is 4.31 Å². The zero-order valence-corrected chi connectivity index (χ0v) is 22.8. The first-order chi connectivity index (χ1) is 17.5. The van der Waals surface area contributed by atoms with E-state index in [-0.39, 0.29) is 48.4 Å². The average Bonchev–Trinajstić information content (AvgIpc) is 2.88. The number of anilines is 1. The molecule has 0 bridgehead atoms. The van der Waals surface area contributed by atoms with E-state index in [4.69, 9.17) is 0 Å². The Kier molecular flexibility index (Phi) is 7.72. The van der Waals surface area contributed by atoms with Gasteiger partial charge in [0, 0.05) is 26.2 Å². The molecule has 0 N–H and O–H groups in total. The highest BCUT2D eigenvalue weighted by Crippen LogP contribution is 2.25. The van der Waals surface area contributed by atoms with Crippen molar-refractivity contribution in [2.45, 2.75) is 30.6 Å². The summed E-state index contributed by atoms with van der Waals surface area (Å²) in [6.07, 6.45) is 0. The summed E-state index contributed by atoms with van der Waals surface area (Å²) < 4.78 is 55.7. The van der Waals surface area contributed by atoms with E-state index in [0.717, 1.165) is 21.0 Å². The quantitative estimate of drug-likeness (QED) is 0.457. The fourth-order valence-corrected chi connectivity index (χ4v) is 6.96. The number of sulfonamides is 2. The zero-order valence-electron chi connectivity index (χ0n) is 21.2. The average molecular weight is 542 g/mol. The molecule has 0 saturated carbocycles. The molecule has 0 aliphatic carbocycles. The Hall–Kier alpha value is -3.21. The minimum atomic E-state index is -4.01. The van der Waals surface area contributed by atoms with Gasteiger partial charge >= 0.3 is 0 Å². The number of piperazine rings is 1. The second kappa shape index (κ2) is 10.6. The predicted octanol–water partition coefficient (Wildman–Crippen LogP) is 3.34. The van der Waals surface area contributed by atoms with Crippen molar-refractivity contribution < 1.29 is 21.6 Å². The number of nitrogens with zero attached hydrogens (tertiary/aromatic N) is 3. The lowest BCUT2D eigenvalue weighted by Gasteiger charge is -2.35. The molecule has 0 atom stereocenters. The summed E-state index contributed by atoms with van der Waals surface area (Å²) in [5.74, 6) is -0.386. The van der Waals surface area contributed by atoms with Crippen LogP contribution >= 0.6 is 0 Å². The van der Waals surface area contributed by atoms with Gasteiger partial charge in [0.15, 0.2) is 0 Å². The Morgan fingerprint density at radius 1 is 0.676 bits per heavy atom. The summed E-state index contributed by atoms with van der Waals surface area (Å²) in [6.45, 7) is 5.90.